The van der Waals surface area contributed by atoms with Crippen LogP contribution in [0, 0.1) is 11.3 Å². The molecule has 4 nitrogen and oxygen atoms in total. The van der Waals surface area contributed by atoms with Crippen molar-refractivity contribution in [3.8, 4) is 0 Å². The number of aromatic nitrogens is 2. The molecule has 4 heteroatoms. The number of nitrogens with two attached hydrogens (primary N) is 1. The molecule has 3 N–H and O–H groups in total. The third-order valence-corrected chi connectivity index (χ3v) is 4.23. The van der Waals surface area contributed by atoms with Crippen molar-refractivity contribution in [1.29, 1.82) is 0 Å². The normalized spacial score (nSPS) is 29.2. The molecule has 0 unspecified atom stereocenters. The predicted octanol–water partition coefficient (Wildman–Crippen LogP) is 1.99. The van der Waals surface area contributed by atoms with Crippen molar-refractivity contribution >= 4 is 5.82 Å². The van der Waals surface area contributed by atoms with Crippen LogP contribution in [0.25, 0.3) is 0 Å². The molecule has 1 fully saturated rings. The van der Waals surface area contributed by atoms with E-state index in [0.29, 0.717) is 0 Å². The largest absolute Gasteiger partial charge is 0.370 e. The maximum Gasteiger partial charge on any atom is 0.123 e. The van der Waals surface area contributed by atoms with Crippen molar-refractivity contribution in [3.05, 3.63) is 12.3 Å². The molecule has 0 saturated heterocycles. The third-order valence-electron chi connectivity index (χ3n) is 4.23. The Balaban J connectivity index is 1.94. The topological polar surface area (TPSA) is 55.9 Å². The molecule has 1 saturated carbocycles. The van der Waals surface area contributed by atoms with Crippen molar-refractivity contribution in [2.75, 3.05) is 18.4 Å². The standard InChI is InChI=1S/C13H24N4/c1-11-3-6-13(9-14,7-4-11)10-15-12-5-8-16-17(12)2/h5,8,11,15H,3-4,6-7,9-10,14H2,1-2H3. The first-order valence-electron chi connectivity index (χ1n) is 6.57. The fourth-order valence-electron chi connectivity index (χ4n) is 2.65. The molecule has 1 heterocycles. The Morgan fingerprint density at radius 2 is 2.24 bits per heavy atom. The minimum Gasteiger partial charge on any atom is -0.370 e. The smallest absolute Gasteiger partial charge is 0.123 e. The summed E-state index contributed by atoms with van der Waals surface area (Å²) >= 11 is 0. The number of hydrogen-bond acceptors (Lipinski definition) is 3. The molecule has 0 atom stereocenters. The minimum absolute atomic E-state index is 0.288. The van der Waals surface area contributed by atoms with E-state index >= 15 is 0 Å². The summed E-state index contributed by atoms with van der Waals surface area (Å²) in [5.74, 6) is 1.95. The predicted molar refractivity (Wildman–Crippen MR) is 70.8 cm³/mol. The van der Waals surface area contributed by atoms with Gasteiger partial charge in [0, 0.05) is 19.7 Å². The number of aryl methyl sites for hydroxylation is 1. The highest BCUT2D eigenvalue weighted by Gasteiger charge is 2.32. The molecule has 1 aromatic heterocycles. The molecular formula is C13H24N4. The fourth-order valence-corrected chi connectivity index (χ4v) is 2.65. The summed E-state index contributed by atoms with van der Waals surface area (Å²) < 4.78 is 1.87. The van der Waals surface area contributed by atoms with Crippen LogP contribution in [0.5, 0.6) is 0 Å². The molecule has 0 amide bonds. The van der Waals surface area contributed by atoms with Gasteiger partial charge in [-0.1, -0.05) is 19.8 Å². The number of anilines is 1. The molecule has 0 radical (unpaired) electrons. The van der Waals surface area contributed by atoms with Gasteiger partial charge in [-0.15, -0.1) is 0 Å². The Kier molecular flexibility index (Phi) is 3.72. The summed E-state index contributed by atoms with van der Waals surface area (Å²) in [4.78, 5) is 0. The quantitative estimate of drug-likeness (QED) is 0.840. The zero-order chi connectivity index (χ0) is 12.3. The molecule has 96 valence electrons. The average molecular weight is 236 g/mol. The maximum atomic E-state index is 6.00. The number of nitrogens with zero attached hydrogens (tertiary/aromatic N) is 2. The van der Waals surface area contributed by atoms with Crippen LogP contribution >= 0.6 is 0 Å². The molecule has 17 heavy (non-hydrogen) atoms. The van der Waals surface area contributed by atoms with E-state index in [1.165, 1.54) is 25.7 Å². The van der Waals surface area contributed by atoms with Gasteiger partial charge in [0.15, 0.2) is 0 Å². The van der Waals surface area contributed by atoms with Gasteiger partial charge in [0.2, 0.25) is 0 Å². The van der Waals surface area contributed by atoms with E-state index in [4.69, 9.17) is 5.73 Å². The lowest BCUT2D eigenvalue weighted by atomic mass is 9.71. The lowest BCUT2D eigenvalue weighted by Gasteiger charge is -2.38. The Morgan fingerprint density at radius 3 is 2.76 bits per heavy atom. The van der Waals surface area contributed by atoms with Gasteiger partial charge in [0.25, 0.3) is 0 Å². The Bertz CT molecular complexity index is 350. The zero-order valence-corrected chi connectivity index (χ0v) is 10.9. The highest BCUT2D eigenvalue weighted by Crippen LogP contribution is 2.38. The summed E-state index contributed by atoms with van der Waals surface area (Å²) in [6, 6.07) is 2.01. The van der Waals surface area contributed by atoms with Crippen molar-refractivity contribution in [1.82, 2.24) is 9.78 Å². The van der Waals surface area contributed by atoms with Gasteiger partial charge in [0.05, 0.1) is 6.20 Å². The molecular weight excluding hydrogens is 212 g/mol. The second-order valence-electron chi connectivity index (χ2n) is 5.58. The molecule has 2 rings (SSSR count). The summed E-state index contributed by atoms with van der Waals surface area (Å²) in [5, 5.41) is 7.65. The van der Waals surface area contributed by atoms with Crippen LogP contribution in [0.4, 0.5) is 5.82 Å². The Labute approximate surface area is 104 Å². The van der Waals surface area contributed by atoms with Crippen LogP contribution in [0.3, 0.4) is 0 Å². The average Bonchev–Trinajstić information content (AvgIpc) is 2.75. The van der Waals surface area contributed by atoms with Crippen molar-refractivity contribution in [2.45, 2.75) is 32.6 Å². The fraction of sp³-hybridized carbons (Fsp3) is 0.769. The molecule has 1 aliphatic rings. The summed E-state index contributed by atoms with van der Waals surface area (Å²) in [5.41, 5.74) is 6.29. The summed E-state index contributed by atoms with van der Waals surface area (Å²) in [7, 11) is 1.96. The van der Waals surface area contributed by atoms with E-state index in [1.807, 2.05) is 24.0 Å². The molecule has 1 aliphatic carbocycles. The summed E-state index contributed by atoms with van der Waals surface area (Å²) in [6.07, 6.45) is 6.93. The van der Waals surface area contributed by atoms with E-state index in [0.717, 1.165) is 24.8 Å². The molecule has 0 aliphatic heterocycles. The third kappa shape index (κ3) is 2.80. The van der Waals surface area contributed by atoms with Gasteiger partial charge < -0.3 is 11.1 Å². The number of hydrogen-bond donors (Lipinski definition) is 2. The lowest BCUT2D eigenvalue weighted by molar-refractivity contribution is 0.178. The maximum absolute atomic E-state index is 6.00. The second-order valence-corrected chi connectivity index (χ2v) is 5.58. The number of nitrogens with one attached hydrogen (secondary N) is 1. The molecule has 0 aromatic carbocycles. The van der Waals surface area contributed by atoms with E-state index in [9.17, 15) is 0 Å². The van der Waals surface area contributed by atoms with E-state index in [2.05, 4.69) is 17.3 Å². The van der Waals surface area contributed by atoms with Gasteiger partial charge in [-0.25, -0.2) is 0 Å². The first-order chi connectivity index (χ1) is 8.15. The highest BCUT2D eigenvalue weighted by atomic mass is 15.3. The lowest BCUT2D eigenvalue weighted by Crippen LogP contribution is -2.40. The van der Waals surface area contributed by atoms with Gasteiger partial charge >= 0.3 is 0 Å². The molecule has 0 bridgehead atoms. The highest BCUT2D eigenvalue weighted by molar-refractivity contribution is 5.33. The van der Waals surface area contributed by atoms with E-state index < -0.39 is 0 Å². The second kappa shape index (κ2) is 5.08. The van der Waals surface area contributed by atoms with Gasteiger partial charge in [-0.05, 0) is 30.7 Å². The van der Waals surface area contributed by atoms with Crippen LogP contribution in [0.1, 0.15) is 32.6 Å². The van der Waals surface area contributed by atoms with Crippen LogP contribution in [-0.2, 0) is 7.05 Å². The number of rotatable bonds is 4. The van der Waals surface area contributed by atoms with Crippen molar-refractivity contribution in [2.24, 2.45) is 24.1 Å². The first kappa shape index (κ1) is 12.4. The van der Waals surface area contributed by atoms with Crippen molar-refractivity contribution in [3.63, 3.8) is 0 Å². The van der Waals surface area contributed by atoms with Crippen LogP contribution in [-0.4, -0.2) is 22.9 Å². The molecule has 0 spiro atoms. The first-order valence-corrected chi connectivity index (χ1v) is 6.57. The Morgan fingerprint density at radius 1 is 1.53 bits per heavy atom. The van der Waals surface area contributed by atoms with Crippen LogP contribution in [0.2, 0.25) is 0 Å². The van der Waals surface area contributed by atoms with Gasteiger partial charge in [-0.3, -0.25) is 4.68 Å². The zero-order valence-electron chi connectivity index (χ0n) is 10.9. The van der Waals surface area contributed by atoms with Gasteiger partial charge in [-0.2, -0.15) is 5.10 Å². The molecule has 1 aromatic rings. The van der Waals surface area contributed by atoms with Crippen LogP contribution < -0.4 is 11.1 Å². The summed E-state index contributed by atoms with van der Waals surface area (Å²) in [6.45, 7) is 4.09. The Hall–Kier alpha value is -1.03. The van der Waals surface area contributed by atoms with Crippen LogP contribution in [0.15, 0.2) is 12.3 Å². The SMILES string of the molecule is CC1CCC(CN)(CNc2ccnn2C)CC1. The van der Waals surface area contributed by atoms with E-state index in [-0.39, 0.29) is 5.41 Å². The van der Waals surface area contributed by atoms with Crippen molar-refractivity contribution < 1.29 is 0 Å². The minimum atomic E-state index is 0.288. The van der Waals surface area contributed by atoms with Gasteiger partial charge in [0.1, 0.15) is 5.82 Å². The van der Waals surface area contributed by atoms with E-state index in [1.54, 1.807) is 0 Å². The monoisotopic (exact) mass is 236 g/mol.